The van der Waals surface area contributed by atoms with Crippen molar-refractivity contribution in [3.8, 4) is 0 Å². The van der Waals surface area contributed by atoms with Crippen LogP contribution in [-0.2, 0) is 4.74 Å². The van der Waals surface area contributed by atoms with Crippen molar-refractivity contribution < 1.29 is 4.74 Å². The van der Waals surface area contributed by atoms with Gasteiger partial charge in [0.1, 0.15) is 0 Å². The monoisotopic (exact) mass is 237 g/mol. The molecule has 0 aromatic rings. The van der Waals surface area contributed by atoms with Crippen molar-refractivity contribution in [2.24, 2.45) is 17.8 Å². The van der Waals surface area contributed by atoms with E-state index in [1.165, 1.54) is 45.1 Å². The molecular weight excluding hydrogens is 210 g/mol. The predicted molar refractivity (Wildman–Crippen MR) is 70.0 cm³/mol. The number of ether oxygens (including phenoxy) is 1. The van der Waals surface area contributed by atoms with Gasteiger partial charge in [-0.25, -0.2) is 0 Å². The minimum atomic E-state index is 0.585. The van der Waals surface area contributed by atoms with E-state index in [-0.39, 0.29) is 0 Å². The van der Waals surface area contributed by atoms with Crippen LogP contribution in [0, 0.1) is 17.8 Å². The van der Waals surface area contributed by atoms with Gasteiger partial charge in [-0.2, -0.15) is 0 Å². The average Bonchev–Trinajstić information content (AvgIpc) is 2.90. The topological polar surface area (TPSA) is 21.3 Å². The van der Waals surface area contributed by atoms with E-state index in [0.717, 1.165) is 23.8 Å². The molecule has 2 saturated heterocycles. The highest BCUT2D eigenvalue weighted by Gasteiger charge is 2.41. The molecule has 2 nitrogen and oxygen atoms in total. The molecule has 5 unspecified atom stereocenters. The summed E-state index contributed by atoms with van der Waals surface area (Å²) in [7, 11) is 0. The summed E-state index contributed by atoms with van der Waals surface area (Å²) >= 11 is 0. The predicted octanol–water partition coefficient (Wildman–Crippen LogP) is 2.97. The first-order valence-corrected chi connectivity index (χ1v) is 7.63. The van der Waals surface area contributed by atoms with E-state index in [9.17, 15) is 0 Å². The van der Waals surface area contributed by atoms with Crippen LogP contribution in [0.4, 0.5) is 0 Å². The van der Waals surface area contributed by atoms with Crippen LogP contribution in [-0.4, -0.2) is 24.8 Å². The van der Waals surface area contributed by atoms with Crippen molar-refractivity contribution in [2.45, 2.75) is 70.6 Å². The number of fused-ring (bicyclic) bond motifs is 2. The standard InChI is InChI=1S/C15H27NO/c1-10-4-3-5-11(2)15(10)16-9-12-8-13-6-7-14(12)17-13/h10-16H,3-9H2,1-2H3. The van der Waals surface area contributed by atoms with Gasteiger partial charge in [0.25, 0.3) is 0 Å². The fourth-order valence-electron chi connectivity index (χ4n) is 4.33. The van der Waals surface area contributed by atoms with Crippen molar-refractivity contribution in [1.29, 1.82) is 0 Å². The summed E-state index contributed by atoms with van der Waals surface area (Å²) in [6.45, 7) is 6.04. The molecule has 98 valence electrons. The Labute approximate surface area is 105 Å². The third-order valence-corrected chi connectivity index (χ3v) is 5.39. The molecule has 2 aliphatic heterocycles. The normalized spacial score (nSPS) is 49.8. The Morgan fingerprint density at radius 3 is 2.41 bits per heavy atom. The summed E-state index contributed by atoms with van der Waals surface area (Å²) in [5, 5.41) is 3.87. The molecular formula is C15H27NO. The van der Waals surface area contributed by atoms with Crippen LogP contribution in [0.1, 0.15) is 52.4 Å². The highest BCUT2D eigenvalue weighted by Crippen LogP contribution is 2.38. The number of hydrogen-bond acceptors (Lipinski definition) is 2. The van der Waals surface area contributed by atoms with E-state index in [1.54, 1.807) is 0 Å². The number of nitrogens with one attached hydrogen (secondary N) is 1. The lowest BCUT2D eigenvalue weighted by Crippen LogP contribution is -2.45. The molecule has 0 amide bonds. The lowest BCUT2D eigenvalue weighted by molar-refractivity contribution is 0.0900. The first-order chi connectivity index (χ1) is 8.24. The van der Waals surface area contributed by atoms with Gasteiger partial charge in [0, 0.05) is 18.5 Å². The molecule has 3 fully saturated rings. The highest BCUT2D eigenvalue weighted by atomic mass is 16.5. The summed E-state index contributed by atoms with van der Waals surface area (Å²) in [6, 6.07) is 0.753. The zero-order valence-electron chi connectivity index (χ0n) is 11.3. The van der Waals surface area contributed by atoms with Crippen molar-refractivity contribution in [3.05, 3.63) is 0 Å². The quantitative estimate of drug-likeness (QED) is 0.815. The second kappa shape index (κ2) is 4.89. The maximum absolute atomic E-state index is 5.94. The van der Waals surface area contributed by atoms with E-state index >= 15 is 0 Å². The molecule has 1 saturated carbocycles. The maximum atomic E-state index is 5.94. The van der Waals surface area contributed by atoms with E-state index < -0.39 is 0 Å². The molecule has 17 heavy (non-hydrogen) atoms. The van der Waals surface area contributed by atoms with Crippen LogP contribution in [0.25, 0.3) is 0 Å². The summed E-state index contributed by atoms with van der Waals surface area (Å²) in [6.07, 6.45) is 9.38. The summed E-state index contributed by atoms with van der Waals surface area (Å²) < 4.78 is 5.94. The SMILES string of the molecule is CC1CCCC(C)C1NCC1CC2CCC1O2. The molecule has 2 heterocycles. The van der Waals surface area contributed by atoms with Gasteiger partial charge < -0.3 is 10.1 Å². The van der Waals surface area contributed by atoms with E-state index in [1.807, 2.05) is 0 Å². The Kier molecular flexibility index (Phi) is 3.45. The van der Waals surface area contributed by atoms with E-state index in [0.29, 0.717) is 12.2 Å². The lowest BCUT2D eigenvalue weighted by atomic mass is 9.78. The minimum absolute atomic E-state index is 0.585. The van der Waals surface area contributed by atoms with Gasteiger partial charge >= 0.3 is 0 Å². The molecule has 2 heteroatoms. The molecule has 3 rings (SSSR count). The second-order valence-electron chi connectivity index (χ2n) is 6.69. The molecule has 0 spiro atoms. The molecule has 5 atom stereocenters. The minimum Gasteiger partial charge on any atom is -0.375 e. The number of rotatable bonds is 3. The smallest absolute Gasteiger partial charge is 0.0621 e. The molecule has 0 radical (unpaired) electrons. The van der Waals surface area contributed by atoms with Gasteiger partial charge in [0.15, 0.2) is 0 Å². The molecule has 3 aliphatic rings. The molecule has 1 N–H and O–H groups in total. The Morgan fingerprint density at radius 2 is 1.82 bits per heavy atom. The summed E-state index contributed by atoms with van der Waals surface area (Å²) in [4.78, 5) is 0. The third kappa shape index (κ3) is 2.39. The maximum Gasteiger partial charge on any atom is 0.0621 e. The van der Waals surface area contributed by atoms with Gasteiger partial charge in [0.2, 0.25) is 0 Å². The molecule has 2 bridgehead atoms. The fraction of sp³-hybridized carbons (Fsp3) is 1.00. The van der Waals surface area contributed by atoms with Crippen molar-refractivity contribution >= 4 is 0 Å². The molecule has 1 aliphatic carbocycles. The first-order valence-electron chi connectivity index (χ1n) is 7.63. The van der Waals surface area contributed by atoms with Crippen LogP contribution in [0.5, 0.6) is 0 Å². The Bertz CT molecular complexity index is 258. The zero-order valence-corrected chi connectivity index (χ0v) is 11.3. The Morgan fingerprint density at radius 1 is 1.06 bits per heavy atom. The third-order valence-electron chi connectivity index (χ3n) is 5.39. The van der Waals surface area contributed by atoms with E-state index in [2.05, 4.69) is 19.2 Å². The second-order valence-corrected chi connectivity index (χ2v) is 6.69. The summed E-state index contributed by atoms with van der Waals surface area (Å²) in [5.41, 5.74) is 0. The first kappa shape index (κ1) is 12.0. The van der Waals surface area contributed by atoms with Crippen molar-refractivity contribution in [1.82, 2.24) is 5.32 Å². The van der Waals surface area contributed by atoms with Gasteiger partial charge in [-0.05, 0) is 43.9 Å². The van der Waals surface area contributed by atoms with Crippen molar-refractivity contribution in [2.75, 3.05) is 6.54 Å². The van der Waals surface area contributed by atoms with Crippen molar-refractivity contribution in [3.63, 3.8) is 0 Å². The van der Waals surface area contributed by atoms with Gasteiger partial charge in [-0.3, -0.25) is 0 Å². The fourth-order valence-corrected chi connectivity index (χ4v) is 4.33. The molecule has 0 aromatic heterocycles. The number of hydrogen-bond donors (Lipinski definition) is 1. The van der Waals surface area contributed by atoms with Crippen LogP contribution < -0.4 is 5.32 Å². The highest BCUT2D eigenvalue weighted by molar-refractivity contribution is 4.92. The summed E-state index contributed by atoms with van der Waals surface area (Å²) in [5.74, 6) is 2.52. The van der Waals surface area contributed by atoms with Gasteiger partial charge in [-0.1, -0.05) is 20.3 Å². The largest absolute Gasteiger partial charge is 0.375 e. The Hall–Kier alpha value is -0.0800. The van der Waals surface area contributed by atoms with Gasteiger partial charge in [-0.15, -0.1) is 0 Å². The average molecular weight is 237 g/mol. The van der Waals surface area contributed by atoms with Crippen LogP contribution >= 0.6 is 0 Å². The Balaban J connectivity index is 1.50. The zero-order chi connectivity index (χ0) is 11.8. The molecule has 0 aromatic carbocycles. The van der Waals surface area contributed by atoms with Gasteiger partial charge in [0.05, 0.1) is 12.2 Å². The van der Waals surface area contributed by atoms with Crippen LogP contribution in [0.2, 0.25) is 0 Å². The van der Waals surface area contributed by atoms with E-state index in [4.69, 9.17) is 4.74 Å². The lowest BCUT2D eigenvalue weighted by Gasteiger charge is -2.36. The van der Waals surface area contributed by atoms with Crippen LogP contribution in [0.15, 0.2) is 0 Å². The van der Waals surface area contributed by atoms with Crippen LogP contribution in [0.3, 0.4) is 0 Å².